The molecule has 0 radical (unpaired) electrons. The Morgan fingerprint density at radius 3 is 2.52 bits per heavy atom. The number of hydrogen-bond acceptors (Lipinski definition) is 5. The SMILES string of the molecule is CCOc1ccc2c(c1)sc(=NC(=O)c1cc(OC)ccc1OC)n2CC. The van der Waals surface area contributed by atoms with Crippen LogP contribution in [0.25, 0.3) is 10.2 Å². The highest BCUT2D eigenvalue weighted by Crippen LogP contribution is 2.26. The van der Waals surface area contributed by atoms with Crippen LogP contribution in [0.5, 0.6) is 17.2 Å². The minimum Gasteiger partial charge on any atom is -0.497 e. The fraction of sp³-hybridized carbons (Fsp3) is 0.300. The highest BCUT2D eigenvalue weighted by molar-refractivity contribution is 7.16. The molecule has 0 aliphatic carbocycles. The third kappa shape index (κ3) is 3.83. The predicted octanol–water partition coefficient (Wildman–Crippen LogP) is 3.88. The van der Waals surface area contributed by atoms with Gasteiger partial charge in [-0.25, -0.2) is 0 Å². The molecule has 1 aromatic heterocycles. The Labute approximate surface area is 161 Å². The topological polar surface area (TPSA) is 62.1 Å². The van der Waals surface area contributed by atoms with Crippen LogP contribution in [0.15, 0.2) is 41.4 Å². The van der Waals surface area contributed by atoms with Crippen molar-refractivity contribution in [2.45, 2.75) is 20.4 Å². The Morgan fingerprint density at radius 2 is 1.85 bits per heavy atom. The van der Waals surface area contributed by atoms with Crippen molar-refractivity contribution in [1.82, 2.24) is 4.57 Å². The Bertz CT molecular complexity index is 1040. The van der Waals surface area contributed by atoms with E-state index in [1.165, 1.54) is 18.4 Å². The van der Waals surface area contributed by atoms with E-state index < -0.39 is 0 Å². The van der Waals surface area contributed by atoms with Gasteiger partial charge in [-0.3, -0.25) is 4.79 Å². The summed E-state index contributed by atoms with van der Waals surface area (Å²) in [5, 5.41) is 0. The standard InChI is InChI=1S/C20H22N2O4S/c1-5-22-16-9-7-14(26-6-2)12-18(16)27-20(22)21-19(23)15-11-13(24-3)8-10-17(15)25-4/h7-12H,5-6H2,1-4H3. The first kappa shape index (κ1) is 19.0. The molecule has 0 spiro atoms. The zero-order valence-electron chi connectivity index (χ0n) is 15.8. The van der Waals surface area contributed by atoms with Crippen molar-refractivity contribution in [3.05, 3.63) is 46.8 Å². The summed E-state index contributed by atoms with van der Waals surface area (Å²) >= 11 is 1.46. The van der Waals surface area contributed by atoms with Crippen molar-refractivity contribution in [1.29, 1.82) is 0 Å². The summed E-state index contributed by atoms with van der Waals surface area (Å²) in [5.41, 5.74) is 1.39. The van der Waals surface area contributed by atoms with Crippen LogP contribution in [0.1, 0.15) is 24.2 Å². The normalized spacial score (nSPS) is 11.6. The summed E-state index contributed by atoms with van der Waals surface area (Å²) in [6.07, 6.45) is 0. The number of ether oxygens (including phenoxy) is 3. The van der Waals surface area contributed by atoms with Crippen LogP contribution < -0.4 is 19.0 Å². The van der Waals surface area contributed by atoms with Gasteiger partial charge in [0.2, 0.25) is 0 Å². The number of carbonyl (C=O) groups excluding carboxylic acids is 1. The number of aryl methyl sites for hydroxylation is 1. The lowest BCUT2D eigenvalue weighted by Gasteiger charge is -2.07. The van der Waals surface area contributed by atoms with Gasteiger partial charge in [0.25, 0.3) is 5.91 Å². The molecule has 2 aromatic carbocycles. The van der Waals surface area contributed by atoms with Crippen LogP contribution in [0.3, 0.4) is 0 Å². The summed E-state index contributed by atoms with van der Waals surface area (Å²) in [6, 6.07) is 11.0. The zero-order valence-corrected chi connectivity index (χ0v) is 16.6. The van der Waals surface area contributed by atoms with Gasteiger partial charge in [-0.2, -0.15) is 4.99 Å². The number of methoxy groups -OCH3 is 2. The van der Waals surface area contributed by atoms with Gasteiger partial charge in [-0.05, 0) is 50.2 Å². The lowest BCUT2D eigenvalue weighted by molar-refractivity contribution is 0.0994. The van der Waals surface area contributed by atoms with Gasteiger partial charge < -0.3 is 18.8 Å². The van der Waals surface area contributed by atoms with E-state index in [-0.39, 0.29) is 5.91 Å². The van der Waals surface area contributed by atoms with E-state index in [1.807, 2.05) is 36.6 Å². The molecule has 0 saturated heterocycles. The highest BCUT2D eigenvalue weighted by Gasteiger charge is 2.14. The maximum atomic E-state index is 12.8. The van der Waals surface area contributed by atoms with Gasteiger partial charge in [0, 0.05) is 6.54 Å². The number of rotatable bonds is 6. The van der Waals surface area contributed by atoms with Gasteiger partial charge in [0.05, 0.1) is 36.6 Å². The molecule has 3 rings (SSSR count). The van der Waals surface area contributed by atoms with E-state index in [9.17, 15) is 4.79 Å². The van der Waals surface area contributed by atoms with Crippen molar-refractivity contribution < 1.29 is 19.0 Å². The average molecular weight is 386 g/mol. The molecule has 6 nitrogen and oxygen atoms in total. The zero-order chi connectivity index (χ0) is 19.4. The number of fused-ring (bicyclic) bond motifs is 1. The Kier molecular flexibility index (Phi) is 5.81. The molecule has 0 saturated carbocycles. The minimum absolute atomic E-state index is 0.368. The van der Waals surface area contributed by atoms with Crippen molar-refractivity contribution in [2.24, 2.45) is 4.99 Å². The molecule has 1 heterocycles. The molecule has 0 unspecified atom stereocenters. The number of hydrogen-bond donors (Lipinski definition) is 0. The Balaban J connectivity index is 2.11. The van der Waals surface area contributed by atoms with Crippen LogP contribution in [0.2, 0.25) is 0 Å². The van der Waals surface area contributed by atoms with Crippen LogP contribution >= 0.6 is 11.3 Å². The van der Waals surface area contributed by atoms with Gasteiger partial charge in [0.1, 0.15) is 17.2 Å². The Hall–Kier alpha value is -2.80. The summed E-state index contributed by atoms with van der Waals surface area (Å²) in [4.78, 5) is 17.8. The van der Waals surface area contributed by atoms with Crippen molar-refractivity contribution in [3.63, 3.8) is 0 Å². The molecule has 0 atom stereocenters. The van der Waals surface area contributed by atoms with E-state index in [0.717, 1.165) is 16.0 Å². The van der Waals surface area contributed by atoms with Gasteiger partial charge in [0.15, 0.2) is 4.80 Å². The summed E-state index contributed by atoms with van der Waals surface area (Å²) in [6.45, 7) is 5.29. The molecule has 0 aliphatic rings. The second-order valence-corrected chi connectivity index (χ2v) is 6.68. The maximum Gasteiger partial charge on any atom is 0.283 e. The third-order valence-electron chi connectivity index (χ3n) is 4.12. The largest absolute Gasteiger partial charge is 0.497 e. The number of amides is 1. The van der Waals surface area contributed by atoms with Crippen molar-refractivity contribution in [3.8, 4) is 17.2 Å². The van der Waals surface area contributed by atoms with Crippen LogP contribution in [0.4, 0.5) is 0 Å². The van der Waals surface area contributed by atoms with Gasteiger partial charge >= 0.3 is 0 Å². The lowest BCUT2D eigenvalue weighted by atomic mass is 10.2. The fourth-order valence-corrected chi connectivity index (χ4v) is 3.95. The quantitative estimate of drug-likeness (QED) is 0.645. The summed E-state index contributed by atoms with van der Waals surface area (Å²) in [7, 11) is 3.08. The van der Waals surface area contributed by atoms with E-state index >= 15 is 0 Å². The van der Waals surface area contributed by atoms with E-state index in [4.69, 9.17) is 14.2 Å². The second-order valence-electron chi connectivity index (χ2n) is 5.67. The monoisotopic (exact) mass is 386 g/mol. The summed E-state index contributed by atoms with van der Waals surface area (Å²) in [5.74, 6) is 1.48. The summed E-state index contributed by atoms with van der Waals surface area (Å²) < 4.78 is 19.1. The molecule has 0 bridgehead atoms. The smallest absolute Gasteiger partial charge is 0.283 e. The van der Waals surface area contributed by atoms with Gasteiger partial charge in [-0.1, -0.05) is 11.3 Å². The molecule has 142 valence electrons. The molecule has 27 heavy (non-hydrogen) atoms. The fourth-order valence-electron chi connectivity index (χ4n) is 2.83. The van der Waals surface area contributed by atoms with Crippen LogP contribution in [-0.2, 0) is 6.54 Å². The molecule has 0 fully saturated rings. The van der Waals surface area contributed by atoms with E-state index in [1.54, 1.807) is 25.3 Å². The number of nitrogens with zero attached hydrogens (tertiary/aromatic N) is 2. The lowest BCUT2D eigenvalue weighted by Crippen LogP contribution is -2.16. The van der Waals surface area contributed by atoms with Gasteiger partial charge in [-0.15, -0.1) is 0 Å². The average Bonchev–Trinajstić information content (AvgIpc) is 3.03. The molecular formula is C20H22N2O4S. The molecule has 0 aliphatic heterocycles. The third-order valence-corrected chi connectivity index (χ3v) is 5.16. The number of carbonyl (C=O) groups is 1. The van der Waals surface area contributed by atoms with Crippen molar-refractivity contribution in [2.75, 3.05) is 20.8 Å². The number of benzene rings is 2. The highest BCUT2D eigenvalue weighted by atomic mass is 32.1. The van der Waals surface area contributed by atoms with Crippen LogP contribution in [0, 0.1) is 0 Å². The second kappa shape index (κ2) is 8.26. The predicted molar refractivity (Wildman–Crippen MR) is 106 cm³/mol. The minimum atomic E-state index is -0.371. The molecule has 1 amide bonds. The molecular weight excluding hydrogens is 364 g/mol. The number of aromatic nitrogens is 1. The first-order valence-electron chi connectivity index (χ1n) is 8.68. The molecule has 3 aromatic rings. The van der Waals surface area contributed by atoms with Crippen LogP contribution in [-0.4, -0.2) is 31.3 Å². The molecule has 7 heteroatoms. The number of thiazole rings is 1. The molecule has 0 N–H and O–H groups in total. The Morgan fingerprint density at radius 1 is 1.07 bits per heavy atom. The van der Waals surface area contributed by atoms with E-state index in [0.29, 0.717) is 35.0 Å². The maximum absolute atomic E-state index is 12.8. The van der Waals surface area contributed by atoms with Crippen molar-refractivity contribution >= 4 is 27.5 Å². The first-order chi connectivity index (χ1) is 13.1. The first-order valence-corrected chi connectivity index (χ1v) is 9.50. The van der Waals surface area contributed by atoms with E-state index in [2.05, 4.69) is 4.99 Å².